The molecule has 2 heterocycles. The van der Waals surface area contributed by atoms with Gasteiger partial charge in [-0.05, 0) is 59.8 Å². The Kier molecular flexibility index (Phi) is 4.83. The molecule has 1 aliphatic heterocycles. The van der Waals surface area contributed by atoms with Crippen molar-refractivity contribution in [3.63, 3.8) is 0 Å². The Morgan fingerprint density at radius 3 is 2.30 bits per heavy atom. The van der Waals surface area contributed by atoms with E-state index in [1.807, 2.05) is 84.9 Å². The number of hydrogen-bond donors (Lipinski definition) is 0. The summed E-state index contributed by atoms with van der Waals surface area (Å²) in [6.07, 6.45) is 5.21. The van der Waals surface area contributed by atoms with Crippen molar-refractivity contribution in [3.05, 3.63) is 102 Å². The van der Waals surface area contributed by atoms with Gasteiger partial charge in [0.2, 0.25) is 0 Å². The number of fused-ring (bicyclic) bond motifs is 1. The highest BCUT2D eigenvalue weighted by atomic mass is 32.2. The van der Waals surface area contributed by atoms with Gasteiger partial charge < -0.3 is 0 Å². The first-order chi connectivity index (χ1) is 14.8. The molecule has 1 fully saturated rings. The topological polar surface area (TPSA) is 58.5 Å². The van der Waals surface area contributed by atoms with Crippen molar-refractivity contribution in [2.24, 2.45) is 4.99 Å². The quantitative estimate of drug-likeness (QED) is 0.424. The Labute approximate surface area is 177 Å². The molecule has 0 N–H and O–H groups in total. The van der Waals surface area contributed by atoms with Gasteiger partial charge in [0.25, 0.3) is 5.91 Å². The lowest BCUT2D eigenvalue weighted by molar-refractivity contribution is -0.113. The Hall–Kier alpha value is -3.77. The number of aromatic nitrogens is 2. The van der Waals surface area contributed by atoms with E-state index in [4.69, 9.17) is 4.99 Å². The molecular formula is C24H16N4OS. The first-order valence-electron chi connectivity index (χ1n) is 9.41. The maximum atomic E-state index is 13.3. The van der Waals surface area contributed by atoms with Crippen molar-refractivity contribution in [1.29, 1.82) is 0 Å². The fourth-order valence-electron chi connectivity index (χ4n) is 3.19. The van der Waals surface area contributed by atoms with Crippen LogP contribution in [-0.4, -0.2) is 21.0 Å². The van der Waals surface area contributed by atoms with Crippen molar-refractivity contribution < 1.29 is 4.79 Å². The number of thioether (sulfide) groups is 1. The summed E-state index contributed by atoms with van der Waals surface area (Å²) in [4.78, 5) is 28.9. The number of hydrogen-bond acceptors (Lipinski definition) is 5. The first kappa shape index (κ1) is 18.3. The van der Waals surface area contributed by atoms with Crippen LogP contribution < -0.4 is 4.90 Å². The maximum absolute atomic E-state index is 13.3. The van der Waals surface area contributed by atoms with Gasteiger partial charge in [-0.25, -0.2) is 4.99 Å². The number of para-hydroxylation sites is 2. The van der Waals surface area contributed by atoms with Gasteiger partial charge in [0.15, 0.2) is 5.17 Å². The highest BCUT2D eigenvalue weighted by Crippen LogP contribution is 2.37. The molecule has 0 aliphatic carbocycles. The number of amidine groups is 1. The van der Waals surface area contributed by atoms with E-state index < -0.39 is 0 Å². The van der Waals surface area contributed by atoms with Crippen molar-refractivity contribution in [2.75, 3.05) is 4.90 Å². The minimum Gasteiger partial charge on any atom is -0.268 e. The summed E-state index contributed by atoms with van der Waals surface area (Å²) in [6, 6.07) is 25.0. The second-order valence-electron chi connectivity index (χ2n) is 6.62. The summed E-state index contributed by atoms with van der Waals surface area (Å²) >= 11 is 1.37. The van der Waals surface area contributed by atoms with Gasteiger partial charge >= 0.3 is 0 Å². The Balaban J connectivity index is 1.57. The number of amides is 1. The van der Waals surface area contributed by atoms with Gasteiger partial charge in [-0.2, -0.15) is 0 Å². The average molecular weight is 408 g/mol. The van der Waals surface area contributed by atoms with Crippen LogP contribution in [0, 0.1) is 0 Å². The summed E-state index contributed by atoms with van der Waals surface area (Å²) in [6.45, 7) is 0. The molecule has 0 unspecified atom stereocenters. The third-order valence-electron chi connectivity index (χ3n) is 4.59. The number of benzene rings is 3. The summed E-state index contributed by atoms with van der Waals surface area (Å²) in [5, 5.41) is 0.629. The van der Waals surface area contributed by atoms with Gasteiger partial charge in [-0.15, -0.1) is 0 Å². The van der Waals surface area contributed by atoms with Gasteiger partial charge in [-0.3, -0.25) is 19.7 Å². The maximum Gasteiger partial charge on any atom is 0.271 e. The SMILES string of the molecule is O=C1/C(=C/c2ccc3nccnc3c2)S/C(=N\c2ccccc2)N1c1ccccc1. The van der Waals surface area contributed by atoms with E-state index in [0.717, 1.165) is 28.0 Å². The van der Waals surface area contributed by atoms with Crippen LogP contribution in [0.3, 0.4) is 0 Å². The molecule has 0 bridgehead atoms. The number of rotatable bonds is 3. The number of nitrogens with zero attached hydrogens (tertiary/aromatic N) is 4. The molecule has 0 radical (unpaired) electrons. The van der Waals surface area contributed by atoms with Crippen LogP contribution in [0.15, 0.2) is 101 Å². The molecule has 0 saturated carbocycles. The highest BCUT2D eigenvalue weighted by molar-refractivity contribution is 8.19. The molecule has 1 aliphatic rings. The lowest BCUT2D eigenvalue weighted by atomic mass is 10.1. The molecular weight excluding hydrogens is 392 g/mol. The molecule has 0 spiro atoms. The Morgan fingerprint density at radius 1 is 0.833 bits per heavy atom. The van der Waals surface area contributed by atoms with E-state index in [1.54, 1.807) is 17.3 Å². The first-order valence-corrected chi connectivity index (χ1v) is 10.2. The molecule has 1 amide bonds. The van der Waals surface area contributed by atoms with Crippen LogP contribution in [0.4, 0.5) is 11.4 Å². The number of aliphatic imine (C=N–C) groups is 1. The zero-order valence-corrected chi connectivity index (χ0v) is 16.7. The fourth-order valence-corrected chi connectivity index (χ4v) is 4.19. The molecule has 1 saturated heterocycles. The van der Waals surface area contributed by atoms with Gasteiger partial charge in [0, 0.05) is 12.4 Å². The molecule has 3 aromatic carbocycles. The number of anilines is 1. The van der Waals surface area contributed by atoms with E-state index in [0.29, 0.717) is 10.1 Å². The number of carbonyl (C=O) groups excluding carboxylic acids is 1. The smallest absolute Gasteiger partial charge is 0.268 e. The van der Waals surface area contributed by atoms with E-state index in [9.17, 15) is 4.79 Å². The lowest BCUT2D eigenvalue weighted by Crippen LogP contribution is -2.28. The molecule has 4 aromatic rings. The van der Waals surface area contributed by atoms with E-state index in [2.05, 4.69) is 9.97 Å². The van der Waals surface area contributed by atoms with Crippen molar-refractivity contribution >= 4 is 51.3 Å². The van der Waals surface area contributed by atoms with Crippen LogP contribution in [0.25, 0.3) is 17.1 Å². The molecule has 30 heavy (non-hydrogen) atoms. The summed E-state index contributed by atoms with van der Waals surface area (Å²) in [5.41, 5.74) is 4.10. The Bertz CT molecular complexity index is 1290. The standard InChI is InChI=1S/C24H16N4OS/c29-23-22(16-17-11-12-20-21(15-17)26-14-13-25-20)30-24(27-18-7-3-1-4-8-18)28(23)19-9-5-2-6-10-19/h1-16H/b22-16-,27-24-. The third kappa shape index (κ3) is 3.60. The van der Waals surface area contributed by atoms with Crippen LogP contribution in [0.1, 0.15) is 5.56 Å². The predicted molar refractivity (Wildman–Crippen MR) is 123 cm³/mol. The predicted octanol–water partition coefficient (Wildman–Crippen LogP) is 5.44. The third-order valence-corrected chi connectivity index (χ3v) is 5.56. The number of carbonyl (C=O) groups is 1. The molecule has 5 rings (SSSR count). The second kappa shape index (κ2) is 7.93. The van der Waals surface area contributed by atoms with Crippen LogP contribution in [0.2, 0.25) is 0 Å². The van der Waals surface area contributed by atoms with Crippen LogP contribution in [-0.2, 0) is 4.79 Å². The summed E-state index contributed by atoms with van der Waals surface area (Å²) in [5.74, 6) is -0.0971. The lowest BCUT2D eigenvalue weighted by Gasteiger charge is -2.15. The van der Waals surface area contributed by atoms with Crippen molar-refractivity contribution in [1.82, 2.24) is 9.97 Å². The molecule has 5 nitrogen and oxygen atoms in total. The van der Waals surface area contributed by atoms with Crippen LogP contribution >= 0.6 is 11.8 Å². The van der Waals surface area contributed by atoms with E-state index in [-0.39, 0.29) is 5.91 Å². The Morgan fingerprint density at radius 2 is 1.53 bits per heavy atom. The highest BCUT2D eigenvalue weighted by Gasteiger charge is 2.34. The molecule has 1 aromatic heterocycles. The largest absolute Gasteiger partial charge is 0.271 e. The molecule has 0 atom stereocenters. The zero-order chi connectivity index (χ0) is 20.3. The fraction of sp³-hybridized carbons (Fsp3) is 0. The summed E-state index contributed by atoms with van der Waals surface area (Å²) in [7, 11) is 0. The van der Waals surface area contributed by atoms with Crippen LogP contribution in [0.5, 0.6) is 0 Å². The van der Waals surface area contributed by atoms with E-state index in [1.165, 1.54) is 11.8 Å². The van der Waals surface area contributed by atoms with Gasteiger partial charge in [-0.1, -0.05) is 42.5 Å². The minimum atomic E-state index is -0.0971. The second-order valence-corrected chi connectivity index (χ2v) is 7.63. The molecule has 144 valence electrons. The summed E-state index contributed by atoms with van der Waals surface area (Å²) < 4.78 is 0. The zero-order valence-electron chi connectivity index (χ0n) is 15.8. The normalized spacial score (nSPS) is 16.7. The average Bonchev–Trinajstić information content (AvgIpc) is 3.09. The monoisotopic (exact) mass is 408 g/mol. The van der Waals surface area contributed by atoms with E-state index >= 15 is 0 Å². The van der Waals surface area contributed by atoms with Crippen molar-refractivity contribution in [2.45, 2.75) is 0 Å². The van der Waals surface area contributed by atoms with Gasteiger partial charge in [0.1, 0.15) is 0 Å². The molecule has 6 heteroatoms. The minimum absolute atomic E-state index is 0.0971. The van der Waals surface area contributed by atoms with Gasteiger partial charge in [0.05, 0.1) is 27.3 Å². The van der Waals surface area contributed by atoms with Crippen molar-refractivity contribution in [3.8, 4) is 0 Å².